The number of aliphatic carboxylic acids is 1. The van der Waals surface area contributed by atoms with Crippen molar-refractivity contribution in [2.75, 3.05) is 6.61 Å². The average Bonchev–Trinajstić information content (AvgIpc) is 2.35. The molecule has 1 aromatic rings. The number of ketones is 1. The molecule has 1 aliphatic rings. The zero-order valence-corrected chi connectivity index (χ0v) is 11.2. The summed E-state index contributed by atoms with van der Waals surface area (Å²) in [6.45, 7) is 4.05. The Hall–Kier alpha value is -1.84. The summed E-state index contributed by atoms with van der Waals surface area (Å²) >= 11 is 0. The van der Waals surface area contributed by atoms with Crippen LogP contribution in [0.25, 0.3) is 0 Å². The molecule has 4 heteroatoms. The summed E-state index contributed by atoms with van der Waals surface area (Å²) in [4.78, 5) is 23.2. The van der Waals surface area contributed by atoms with Crippen LogP contribution in [0, 0.1) is 5.41 Å². The van der Waals surface area contributed by atoms with Crippen molar-refractivity contribution in [2.45, 2.75) is 33.1 Å². The molecule has 0 saturated carbocycles. The molecule has 0 aromatic heterocycles. The number of carboxylic acids is 1. The molecule has 0 fully saturated rings. The van der Waals surface area contributed by atoms with Gasteiger partial charge in [0, 0.05) is 11.0 Å². The molecule has 2 rings (SSSR count). The topological polar surface area (TPSA) is 63.6 Å². The van der Waals surface area contributed by atoms with E-state index in [-0.39, 0.29) is 12.2 Å². The zero-order valence-electron chi connectivity index (χ0n) is 11.2. The molecule has 0 amide bonds. The summed E-state index contributed by atoms with van der Waals surface area (Å²) in [5, 5.41) is 8.86. The smallest absolute Gasteiger partial charge is 0.304 e. The minimum absolute atomic E-state index is 0.136. The fourth-order valence-corrected chi connectivity index (χ4v) is 2.35. The zero-order chi connectivity index (χ0) is 14.0. The second kappa shape index (κ2) is 5.03. The third-order valence-electron chi connectivity index (χ3n) is 3.38. The number of rotatable bonds is 4. The summed E-state index contributed by atoms with van der Waals surface area (Å²) < 4.78 is 5.50. The molecule has 0 bridgehead atoms. The van der Waals surface area contributed by atoms with Crippen molar-refractivity contribution in [3.8, 4) is 5.75 Å². The molecule has 0 unspecified atom stereocenters. The Labute approximate surface area is 112 Å². The van der Waals surface area contributed by atoms with Crippen molar-refractivity contribution in [3.05, 3.63) is 29.3 Å². The van der Waals surface area contributed by atoms with Crippen LogP contribution in [0.3, 0.4) is 0 Å². The quantitative estimate of drug-likeness (QED) is 0.847. The van der Waals surface area contributed by atoms with Crippen molar-refractivity contribution < 1.29 is 19.4 Å². The number of carboxylic acid groups (broad SMARTS) is 1. The molecule has 4 nitrogen and oxygen atoms in total. The number of carbonyl (C=O) groups is 2. The highest BCUT2D eigenvalue weighted by Gasteiger charge is 2.31. The maximum atomic E-state index is 12.4. The van der Waals surface area contributed by atoms with Crippen LogP contribution in [0.15, 0.2) is 18.2 Å². The van der Waals surface area contributed by atoms with Crippen molar-refractivity contribution >= 4 is 11.8 Å². The van der Waals surface area contributed by atoms with Gasteiger partial charge in [-0.1, -0.05) is 13.8 Å². The lowest BCUT2D eigenvalue weighted by atomic mass is 9.81. The van der Waals surface area contributed by atoms with Crippen molar-refractivity contribution in [1.82, 2.24) is 0 Å². The number of fused-ring (bicyclic) bond motifs is 1. The van der Waals surface area contributed by atoms with Gasteiger partial charge in [0.1, 0.15) is 5.75 Å². The van der Waals surface area contributed by atoms with Gasteiger partial charge in [0.15, 0.2) is 5.78 Å². The molecule has 1 heterocycles. The minimum Gasteiger partial charge on any atom is -0.493 e. The summed E-state index contributed by atoms with van der Waals surface area (Å²) in [6.07, 6.45) is 1.68. The Morgan fingerprint density at radius 1 is 1.37 bits per heavy atom. The predicted octanol–water partition coefficient (Wildman–Crippen LogP) is 2.70. The molecular weight excluding hydrogens is 244 g/mol. The third kappa shape index (κ3) is 2.95. The first kappa shape index (κ1) is 13.6. The Bertz CT molecular complexity index is 517. The molecule has 19 heavy (non-hydrogen) atoms. The summed E-state index contributed by atoms with van der Waals surface area (Å²) in [5.74, 6) is -0.262. The molecule has 0 aliphatic carbocycles. The van der Waals surface area contributed by atoms with Crippen LogP contribution in [0.1, 0.15) is 42.6 Å². The van der Waals surface area contributed by atoms with Crippen LogP contribution in [0.4, 0.5) is 0 Å². The minimum atomic E-state index is -0.959. The fraction of sp³-hybridized carbons (Fsp3) is 0.467. The number of hydrogen-bond donors (Lipinski definition) is 1. The summed E-state index contributed by atoms with van der Waals surface area (Å²) in [5.41, 5.74) is 0.703. The fourth-order valence-electron chi connectivity index (χ4n) is 2.35. The van der Waals surface area contributed by atoms with E-state index >= 15 is 0 Å². The van der Waals surface area contributed by atoms with Gasteiger partial charge in [-0.25, -0.2) is 0 Å². The van der Waals surface area contributed by atoms with E-state index in [9.17, 15) is 9.59 Å². The number of aryl methyl sites for hydroxylation is 1. The van der Waals surface area contributed by atoms with E-state index in [4.69, 9.17) is 9.84 Å². The summed E-state index contributed by atoms with van der Waals surface area (Å²) in [6, 6.07) is 5.36. The van der Waals surface area contributed by atoms with Gasteiger partial charge in [0.2, 0.25) is 0 Å². The number of carbonyl (C=O) groups excluding carboxylic acids is 1. The normalized spacial score (nSPS) is 14.4. The van der Waals surface area contributed by atoms with Gasteiger partial charge < -0.3 is 9.84 Å². The standard InChI is InChI=1S/C15H18O4/c1-15(2,9-13(16)17)14(18)11-5-6-12-10(8-11)4-3-7-19-12/h5-6,8H,3-4,7,9H2,1-2H3,(H,16,17). The van der Waals surface area contributed by atoms with E-state index in [0.717, 1.165) is 24.2 Å². The molecule has 0 atom stereocenters. The van der Waals surface area contributed by atoms with Crippen LogP contribution < -0.4 is 4.74 Å². The van der Waals surface area contributed by atoms with E-state index < -0.39 is 11.4 Å². The predicted molar refractivity (Wildman–Crippen MR) is 70.6 cm³/mol. The Morgan fingerprint density at radius 2 is 2.11 bits per heavy atom. The van der Waals surface area contributed by atoms with E-state index in [1.807, 2.05) is 6.07 Å². The maximum Gasteiger partial charge on any atom is 0.304 e. The lowest BCUT2D eigenvalue weighted by Gasteiger charge is -2.23. The lowest BCUT2D eigenvalue weighted by molar-refractivity contribution is -0.138. The first-order valence-corrected chi connectivity index (χ1v) is 6.42. The van der Waals surface area contributed by atoms with Crippen LogP contribution >= 0.6 is 0 Å². The Kier molecular flexibility index (Phi) is 3.60. The van der Waals surface area contributed by atoms with Gasteiger partial charge in [0.05, 0.1) is 13.0 Å². The van der Waals surface area contributed by atoms with Gasteiger partial charge in [-0.15, -0.1) is 0 Å². The van der Waals surface area contributed by atoms with Crippen LogP contribution in [-0.2, 0) is 11.2 Å². The molecular formula is C15H18O4. The van der Waals surface area contributed by atoms with Gasteiger partial charge in [0.25, 0.3) is 0 Å². The second-order valence-corrected chi connectivity index (χ2v) is 5.56. The lowest BCUT2D eigenvalue weighted by Crippen LogP contribution is -2.27. The van der Waals surface area contributed by atoms with Gasteiger partial charge in [-0.2, -0.15) is 0 Å². The van der Waals surface area contributed by atoms with Crippen LogP contribution in [0.2, 0.25) is 0 Å². The van der Waals surface area contributed by atoms with Crippen molar-refractivity contribution in [2.24, 2.45) is 5.41 Å². The molecule has 1 aromatic carbocycles. The highest BCUT2D eigenvalue weighted by Crippen LogP contribution is 2.30. The van der Waals surface area contributed by atoms with E-state index in [1.165, 1.54) is 0 Å². The van der Waals surface area contributed by atoms with E-state index in [2.05, 4.69) is 0 Å². The molecule has 0 radical (unpaired) electrons. The molecule has 102 valence electrons. The van der Waals surface area contributed by atoms with Crippen molar-refractivity contribution in [1.29, 1.82) is 0 Å². The van der Waals surface area contributed by atoms with Crippen LogP contribution in [0.5, 0.6) is 5.75 Å². The maximum absolute atomic E-state index is 12.4. The largest absolute Gasteiger partial charge is 0.493 e. The number of ether oxygens (including phenoxy) is 1. The van der Waals surface area contributed by atoms with E-state index in [1.54, 1.807) is 26.0 Å². The molecule has 0 spiro atoms. The van der Waals surface area contributed by atoms with Crippen molar-refractivity contribution in [3.63, 3.8) is 0 Å². The molecule has 0 saturated heterocycles. The molecule has 1 aliphatic heterocycles. The number of Topliss-reactive ketones (excluding diaryl/α,β-unsaturated/α-hetero) is 1. The second-order valence-electron chi connectivity index (χ2n) is 5.56. The third-order valence-corrected chi connectivity index (χ3v) is 3.38. The Morgan fingerprint density at radius 3 is 2.79 bits per heavy atom. The van der Waals surface area contributed by atoms with E-state index in [0.29, 0.717) is 12.2 Å². The average molecular weight is 262 g/mol. The molecule has 1 N–H and O–H groups in total. The summed E-state index contributed by atoms with van der Waals surface area (Å²) in [7, 11) is 0. The highest BCUT2D eigenvalue weighted by molar-refractivity contribution is 6.01. The highest BCUT2D eigenvalue weighted by atomic mass is 16.5. The Balaban J connectivity index is 2.26. The van der Waals surface area contributed by atoms with Gasteiger partial charge in [-0.3, -0.25) is 9.59 Å². The first-order valence-electron chi connectivity index (χ1n) is 6.42. The number of benzene rings is 1. The SMILES string of the molecule is CC(C)(CC(=O)O)C(=O)c1ccc2c(c1)CCCO2. The first-order chi connectivity index (χ1) is 8.90. The van der Waals surface area contributed by atoms with Gasteiger partial charge >= 0.3 is 5.97 Å². The van der Waals surface area contributed by atoms with Gasteiger partial charge in [-0.05, 0) is 36.6 Å². The van der Waals surface area contributed by atoms with Crippen LogP contribution in [-0.4, -0.2) is 23.5 Å². The number of hydrogen-bond acceptors (Lipinski definition) is 3. The monoisotopic (exact) mass is 262 g/mol.